The lowest BCUT2D eigenvalue weighted by atomic mass is 10.0. The number of hydrogen-bond donors (Lipinski definition) is 1. The predicted molar refractivity (Wildman–Crippen MR) is 62.8 cm³/mol. The number of rotatable bonds is 3. The zero-order valence-corrected chi connectivity index (χ0v) is 9.57. The van der Waals surface area contributed by atoms with Crippen molar-refractivity contribution in [1.29, 1.82) is 0 Å². The molecule has 3 heteroatoms. The fourth-order valence-corrected chi connectivity index (χ4v) is 1.90. The largest absolute Gasteiger partial charge is 0.398 e. The summed E-state index contributed by atoms with van der Waals surface area (Å²) in [5, 5.41) is 0. The SMILES string of the molecule is CSCc1cc(C(C)=O)cc(C)c1N. The van der Waals surface area contributed by atoms with Crippen molar-refractivity contribution in [2.75, 3.05) is 12.0 Å². The number of carbonyl (C=O) groups excluding carboxylic acids is 1. The molecule has 0 aliphatic rings. The van der Waals surface area contributed by atoms with E-state index in [0.29, 0.717) is 0 Å². The molecule has 0 aromatic heterocycles. The van der Waals surface area contributed by atoms with Crippen LogP contribution >= 0.6 is 11.8 Å². The Balaban J connectivity index is 3.20. The van der Waals surface area contributed by atoms with Crippen molar-refractivity contribution in [3.8, 4) is 0 Å². The maximum absolute atomic E-state index is 11.2. The Labute approximate surface area is 88.9 Å². The topological polar surface area (TPSA) is 43.1 Å². The van der Waals surface area contributed by atoms with Gasteiger partial charge in [-0.3, -0.25) is 4.79 Å². The molecule has 14 heavy (non-hydrogen) atoms. The van der Waals surface area contributed by atoms with Gasteiger partial charge in [0, 0.05) is 17.0 Å². The third kappa shape index (κ3) is 2.29. The van der Waals surface area contributed by atoms with E-state index in [1.54, 1.807) is 18.7 Å². The van der Waals surface area contributed by atoms with Crippen molar-refractivity contribution < 1.29 is 4.79 Å². The lowest BCUT2D eigenvalue weighted by Crippen LogP contribution is -2.01. The van der Waals surface area contributed by atoms with E-state index < -0.39 is 0 Å². The van der Waals surface area contributed by atoms with Crippen LogP contribution in [0.4, 0.5) is 5.69 Å². The van der Waals surface area contributed by atoms with Crippen LogP contribution in [0.5, 0.6) is 0 Å². The van der Waals surface area contributed by atoms with E-state index in [2.05, 4.69) is 0 Å². The summed E-state index contributed by atoms with van der Waals surface area (Å²) in [5.74, 6) is 0.948. The van der Waals surface area contributed by atoms with Crippen LogP contribution in [0.1, 0.15) is 28.4 Å². The van der Waals surface area contributed by atoms with E-state index in [4.69, 9.17) is 5.73 Å². The second-order valence-electron chi connectivity index (χ2n) is 3.36. The zero-order chi connectivity index (χ0) is 10.7. The monoisotopic (exact) mass is 209 g/mol. The number of thioether (sulfide) groups is 1. The van der Waals surface area contributed by atoms with Crippen LogP contribution in [0.25, 0.3) is 0 Å². The molecule has 0 bridgehead atoms. The van der Waals surface area contributed by atoms with Gasteiger partial charge >= 0.3 is 0 Å². The summed E-state index contributed by atoms with van der Waals surface area (Å²) in [6.07, 6.45) is 2.02. The second kappa shape index (κ2) is 4.51. The molecule has 2 N–H and O–H groups in total. The first-order valence-electron chi connectivity index (χ1n) is 4.45. The number of benzene rings is 1. The molecule has 0 unspecified atom stereocenters. The molecule has 0 heterocycles. The summed E-state index contributed by atoms with van der Waals surface area (Å²) < 4.78 is 0. The fraction of sp³-hybridized carbons (Fsp3) is 0.364. The highest BCUT2D eigenvalue weighted by Crippen LogP contribution is 2.23. The van der Waals surface area contributed by atoms with Gasteiger partial charge in [-0.1, -0.05) is 0 Å². The van der Waals surface area contributed by atoms with Gasteiger partial charge in [-0.05, 0) is 43.4 Å². The molecule has 0 radical (unpaired) electrons. The first-order chi connectivity index (χ1) is 6.56. The summed E-state index contributed by atoms with van der Waals surface area (Å²) in [6, 6.07) is 3.74. The van der Waals surface area contributed by atoms with Gasteiger partial charge in [0.25, 0.3) is 0 Å². The number of nitrogen functional groups attached to an aromatic ring is 1. The molecule has 0 fully saturated rings. The lowest BCUT2D eigenvalue weighted by molar-refractivity contribution is 0.101. The molecular weight excluding hydrogens is 194 g/mol. The predicted octanol–water partition coefficient (Wildman–Crippen LogP) is 2.64. The van der Waals surface area contributed by atoms with Gasteiger partial charge in [-0.25, -0.2) is 0 Å². The van der Waals surface area contributed by atoms with Crippen molar-refractivity contribution in [1.82, 2.24) is 0 Å². The standard InChI is InChI=1S/C11H15NOS/c1-7-4-9(8(2)13)5-10(6-14-3)11(7)12/h4-5H,6,12H2,1-3H3. The molecule has 76 valence electrons. The quantitative estimate of drug-likeness (QED) is 0.614. The van der Waals surface area contributed by atoms with Crippen molar-refractivity contribution in [2.24, 2.45) is 0 Å². The summed E-state index contributed by atoms with van der Waals surface area (Å²) in [5.41, 5.74) is 9.52. The van der Waals surface area contributed by atoms with E-state index >= 15 is 0 Å². The number of carbonyl (C=O) groups is 1. The molecule has 1 rings (SSSR count). The number of aryl methyl sites for hydroxylation is 1. The van der Waals surface area contributed by atoms with E-state index in [1.807, 2.05) is 25.3 Å². The maximum Gasteiger partial charge on any atom is 0.159 e. The number of nitrogens with two attached hydrogens (primary N) is 1. The molecule has 0 spiro atoms. The zero-order valence-electron chi connectivity index (χ0n) is 8.76. The van der Waals surface area contributed by atoms with Gasteiger partial charge in [-0.2, -0.15) is 11.8 Å². The number of anilines is 1. The Kier molecular flexibility index (Phi) is 3.58. The first kappa shape index (κ1) is 11.1. The minimum Gasteiger partial charge on any atom is -0.398 e. The summed E-state index contributed by atoms with van der Waals surface area (Å²) in [4.78, 5) is 11.2. The molecule has 0 aliphatic heterocycles. The van der Waals surface area contributed by atoms with E-state index in [9.17, 15) is 4.79 Å². The summed E-state index contributed by atoms with van der Waals surface area (Å²) in [7, 11) is 0. The first-order valence-corrected chi connectivity index (χ1v) is 5.84. The Morgan fingerprint density at radius 2 is 2.14 bits per heavy atom. The molecule has 0 amide bonds. The highest BCUT2D eigenvalue weighted by molar-refractivity contribution is 7.97. The molecule has 2 nitrogen and oxygen atoms in total. The van der Waals surface area contributed by atoms with Crippen LogP contribution < -0.4 is 5.73 Å². The Morgan fingerprint density at radius 1 is 1.50 bits per heavy atom. The average Bonchev–Trinajstić information content (AvgIpc) is 2.12. The van der Waals surface area contributed by atoms with Crippen molar-refractivity contribution in [3.63, 3.8) is 0 Å². The smallest absolute Gasteiger partial charge is 0.159 e. The third-order valence-electron chi connectivity index (χ3n) is 2.18. The van der Waals surface area contributed by atoms with E-state index in [0.717, 1.165) is 28.1 Å². The molecule has 1 aromatic rings. The molecule has 0 saturated carbocycles. The minimum absolute atomic E-state index is 0.0930. The van der Waals surface area contributed by atoms with Gasteiger partial charge in [0.1, 0.15) is 0 Å². The van der Waals surface area contributed by atoms with Crippen LogP contribution in [0.3, 0.4) is 0 Å². The van der Waals surface area contributed by atoms with Gasteiger partial charge < -0.3 is 5.73 Å². The van der Waals surface area contributed by atoms with Crippen molar-refractivity contribution >= 4 is 23.2 Å². The molecule has 0 atom stereocenters. The number of Topliss-reactive ketones (excluding diaryl/α,β-unsaturated/α-hetero) is 1. The van der Waals surface area contributed by atoms with Gasteiger partial charge in [0.2, 0.25) is 0 Å². The molecule has 0 saturated heterocycles. The second-order valence-corrected chi connectivity index (χ2v) is 4.22. The van der Waals surface area contributed by atoms with Gasteiger partial charge in [0.05, 0.1) is 0 Å². The van der Waals surface area contributed by atoms with E-state index in [1.165, 1.54) is 0 Å². The van der Waals surface area contributed by atoms with Crippen LogP contribution in [0, 0.1) is 6.92 Å². The molecule has 1 aromatic carbocycles. The van der Waals surface area contributed by atoms with E-state index in [-0.39, 0.29) is 5.78 Å². The van der Waals surface area contributed by atoms with Crippen molar-refractivity contribution in [2.45, 2.75) is 19.6 Å². The third-order valence-corrected chi connectivity index (χ3v) is 2.78. The minimum atomic E-state index is 0.0930. The van der Waals surface area contributed by atoms with Crippen LogP contribution in [-0.2, 0) is 5.75 Å². The summed E-state index contributed by atoms with van der Waals surface area (Å²) >= 11 is 1.71. The van der Waals surface area contributed by atoms with Crippen molar-refractivity contribution in [3.05, 3.63) is 28.8 Å². The molecular formula is C11H15NOS. The maximum atomic E-state index is 11.2. The van der Waals surface area contributed by atoms with Crippen LogP contribution in [-0.4, -0.2) is 12.0 Å². The number of ketones is 1. The van der Waals surface area contributed by atoms with Crippen LogP contribution in [0.2, 0.25) is 0 Å². The molecule has 0 aliphatic carbocycles. The van der Waals surface area contributed by atoms with Gasteiger partial charge in [0.15, 0.2) is 5.78 Å². The fourth-order valence-electron chi connectivity index (χ4n) is 1.35. The number of hydrogen-bond acceptors (Lipinski definition) is 3. The normalized spacial score (nSPS) is 10.2. The average molecular weight is 209 g/mol. The Hall–Kier alpha value is -0.960. The Bertz CT molecular complexity index is 361. The lowest BCUT2D eigenvalue weighted by Gasteiger charge is -2.09. The highest BCUT2D eigenvalue weighted by Gasteiger charge is 2.07. The Morgan fingerprint density at radius 3 is 2.64 bits per heavy atom. The summed E-state index contributed by atoms with van der Waals surface area (Å²) in [6.45, 7) is 3.51. The van der Waals surface area contributed by atoms with Gasteiger partial charge in [-0.15, -0.1) is 0 Å². The van der Waals surface area contributed by atoms with Crippen LogP contribution in [0.15, 0.2) is 12.1 Å². The highest BCUT2D eigenvalue weighted by atomic mass is 32.2.